The van der Waals surface area contributed by atoms with Gasteiger partial charge >= 0.3 is 0 Å². The first-order valence-electron chi connectivity index (χ1n) is 9.58. The monoisotopic (exact) mass is 407 g/mol. The Kier molecular flexibility index (Phi) is 3.79. The van der Waals surface area contributed by atoms with Gasteiger partial charge in [0.1, 0.15) is 11.2 Å². The van der Waals surface area contributed by atoms with Crippen molar-refractivity contribution >= 4 is 44.3 Å². The van der Waals surface area contributed by atoms with Crippen LogP contribution in [0.1, 0.15) is 0 Å². The Morgan fingerprint density at radius 3 is 2.20 bits per heavy atom. The van der Waals surface area contributed by atoms with E-state index < -0.39 is 0 Å². The van der Waals surface area contributed by atoms with Gasteiger partial charge in [-0.2, -0.15) is 9.97 Å². The summed E-state index contributed by atoms with van der Waals surface area (Å²) in [5, 5.41) is 4.32. The predicted molar refractivity (Wildman–Crippen MR) is 120 cm³/mol. The van der Waals surface area contributed by atoms with Gasteiger partial charge in [-0.15, -0.1) is 0 Å². The number of benzene rings is 4. The number of rotatable bonds is 2. The van der Waals surface area contributed by atoms with Gasteiger partial charge in [0.15, 0.2) is 11.6 Å². The van der Waals surface area contributed by atoms with Crippen LogP contribution in [0, 0.1) is 0 Å². The zero-order chi connectivity index (χ0) is 20.1. The Morgan fingerprint density at radius 2 is 1.33 bits per heavy atom. The normalized spacial score (nSPS) is 11.5. The second-order valence-corrected chi connectivity index (χ2v) is 7.40. The SMILES string of the molecule is Clc1nc(-c2ccccc2)nc(-c2c3ccccc3cc3c2oc2ccccc23)n1. The minimum atomic E-state index is 0.149. The Labute approximate surface area is 176 Å². The van der Waals surface area contributed by atoms with E-state index in [1.165, 1.54) is 0 Å². The van der Waals surface area contributed by atoms with E-state index in [4.69, 9.17) is 21.0 Å². The maximum atomic E-state index is 6.34. The highest BCUT2D eigenvalue weighted by Crippen LogP contribution is 2.40. The van der Waals surface area contributed by atoms with Crippen molar-refractivity contribution in [2.75, 3.05) is 0 Å². The van der Waals surface area contributed by atoms with Crippen LogP contribution < -0.4 is 0 Å². The molecule has 6 aromatic rings. The fourth-order valence-electron chi connectivity index (χ4n) is 3.92. The number of aromatic nitrogens is 3. The summed E-state index contributed by atoms with van der Waals surface area (Å²) in [5.74, 6) is 1.03. The summed E-state index contributed by atoms with van der Waals surface area (Å²) in [5.41, 5.74) is 3.27. The molecule has 0 amide bonds. The first-order chi connectivity index (χ1) is 14.8. The highest BCUT2D eigenvalue weighted by molar-refractivity contribution is 6.28. The Balaban J connectivity index is 1.74. The zero-order valence-corrected chi connectivity index (χ0v) is 16.5. The molecule has 0 spiro atoms. The van der Waals surface area contributed by atoms with Crippen LogP contribution in [0.25, 0.3) is 55.5 Å². The molecule has 0 bridgehead atoms. The van der Waals surface area contributed by atoms with Crippen molar-refractivity contribution in [3.05, 3.63) is 90.2 Å². The standard InChI is InChI=1S/C25H14ClN3O/c26-25-28-23(15-8-2-1-3-9-15)27-24(29-25)21-17-11-5-4-10-16(17)14-19-18-12-6-7-13-20(18)30-22(19)21/h1-14H. The van der Waals surface area contributed by atoms with E-state index >= 15 is 0 Å². The number of hydrogen-bond donors (Lipinski definition) is 0. The Bertz CT molecular complexity index is 1560. The molecular weight excluding hydrogens is 394 g/mol. The lowest BCUT2D eigenvalue weighted by molar-refractivity contribution is 0.670. The van der Waals surface area contributed by atoms with Gasteiger partial charge in [-0.1, -0.05) is 72.8 Å². The fraction of sp³-hybridized carbons (Fsp3) is 0. The van der Waals surface area contributed by atoms with Crippen LogP contribution >= 0.6 is 11.6 Å². The first-order valence-corrected chi connectivity index (χ1v) is 9.96. The highest BCUT2D eigenvalue weighted by atomic mass is 35.5. The van der Waals surface area contributed by atoms with Gasteiger partial charge in [-0.25, -0.2) is 4.98 Å². The molecule has 30 heavy (non-hydrogen) atoms. The van der Waals surface area contributed by atoms with Crippen LogP contribution in [0.2, 0.25) is 5.28 Å². The summed E-state index contributed by atoms with van der Waals surface area (Å²) in [6.07, 6.45) is 0. The van der Waals surface area contributed by atoms with Crippen molar-refractivity contribution in [3.63, 3.8) is 0 Å². The molecule has 0 unspecified atom stereocenters. The summed E-state index contributed by atoms with van der Waals surface area (Å²) in [6, 6.07) is 28.1. The van der Waals surface area contributed by atoms with Gasteiger partial charge in [0.05, 0.1) is 5.56 Å². The van der Waals surface area contributed by atoms with Gasteiger partial charge in [0.25, 0.3) is 0 Å². The van der Waals surface area contributed by atoms with Crippen molar-refractivity contribution in [1.82, 2.24) is 15.0 Å². The largest absolute Gasteiger partial charge is 0.455 e. The molecule has 4 aromatic carbocycles. The van der Waals surface area contributed by atoms with Gasteiger partial charge < -0.3 is 4.42 Å². The molecule has 0 fully saturated rings. The summed E-state index contributed by atoms with van der Waals surface area (Å²) in [6.45, 7) is 0. The molecule has 0 aliphatic heterocycles. The summed E-state index contributed by atoms with van der Waals surface area (Å²) in [7, 11) is 0. The van der Waals surface area contributed by atoms with Crippen molar-refractivity contribution in [1.29, 1.82) is 0 Å². The number of halogens is 1. The van der Waals surface area contributed by atoms with E-state index in [0.717, 1.165) is 43.8 Å². The van der Waals surface area contributed by atoms with Gasteiger partial charge in [0.2, 0.25) is 5.28 Å². The molecule has 0 radical (unpaired) electrons. The molecule has 0 aliphatic carbocycles. The molecule has 4 nitrogen and oxygen atoms in total. The molecular formula is C25H14ClN3O. The quantitative estimate of drug-likeness (QED) is 0.313. The number of hydrogen-bond acceptors (Lipinski definition) is 4. The zero-order valence-electron chi connectivity index (χ0n) is 15.7. The molecule has 0 saturated carbocycles. The van der Waals surface area contributed by atoms with Crippen molar-refractivity contribution in [2.24, 2.45) is 0 Å². The fourth-order valence-corrected chi connectivity index (χ4v) is 4.08. The van der Waals surface area contributed by atoms with E-state index in [1.54, 1.807) is 0 Å². The van der Waals surface area contributed by atoms with Crippen LogP contribution in [-0.2, 0) is 0 Å². The smallest absolute Gasteiger partial charge is 0.226 e. The van der Waals surface area contributed by atoms with Crippen LogP contribution in [0.4, 0.5) is 0 Å². The van der Waals surface area contributed by atoms with Crippen LogP contribution in [0.15, 0.2) is 89.3 Å². The Morgan fingerprint density at radius 1 is 0.633 bits per heavy atom. The molecule has 2 aromatic heterocycles. The molecule has 2 heterocycles. The number of fused-ring (bicyclic) bond motifs is 4. The number of nitrogens with zero attached hydrogens (tertiary/aromatic N) is 3. The topological polar surface area (TPSA) is 51.8 Å². The third-order valence-electron chi connectivity index (χ3n) is 5.25. The molecule has 0 N–H and O–H groups in total. The molecule has 142 valence electrons. The molecule has 5 heteroatoms. The van der Waals surface area contributed by atoms with Crippen LogP contribution in [0.5, 0.6) is 0 Å². The number of furan rings is 1. The summed E-state index contributed by atoms with van der Waals surface area (Å²) >= 11 is 6.34. The van der Waals surface area contributed by atoms with Crippen molar-refractivity contribution in [2.45, 2.75) is 0 Å². The van der Waals surface area contributed by atoms with Gasteiger partial charge in [-0.05, 0) is 34.5 Å². The lowest BCUT2D eigenvalue weighted by atomic mass is 9.99. The average molecular weight is 408 g/mol. The average Bonchev–Trinajstić information content (AvgIpc) is 3.15. The minimum absolute atomic E-state index is 0.149. The third kappa shape index (κ3) is 2.65. The van der Waals surface area contributed by atoms with E-state index in [1.807, 2.05) is 60.7 Å². The minimum Gasteiger partial charge on any atom is -0.455 e. The summed E-state index contributed by atoms with van der Waals surface area (Å²) in [4.78, 5) is 13.6. The first kappa shape index (κ1) is 17.1. The lowest BCUT2D eigenvalue weighted by Crippen LogP contribution is -1.98. The number of para-hydroxylation sites is 1. The molecule has 6 rings (SSSR count). The van der Waals surface area contributed by atoms with Gasteiger partial charge in [0, 0.05) is 16.3 Å². The van der Waals surface area contributed by atoms with E-state index in [-0.39, 0.29) is 5.28 Å². The molecule has 0 atom stereocenters. The predicted octanol–water partition coefficient (Wildman–Crippen LogP) is 6.91. The maximum absolute atomic E-state index is 6.34. The van der Waals surface area contributed by atoms with E-state index in [0.29, 0.717) is 11.6 Å². The van der Waals surface area contributed by atoms with E-state index in [9.17, 15) is 0 Å². The maximum Gasteiger partial charge on any atom is 0.226 e. The summed E-state index contributed by atoms with van der Waals surface area (Å²) < 4.78 is 6.29. The van der Waals surface area contributed by atoms with Crippen molar-refractivity contribution in [3.8, 4) is 22.8 Å². The molecule has 0 aliphatic rings. The second-order valence-electron chi connectivity index (χ2n) is 7.07. The van der Waals surface area contributed by atoms with Gasteiger partial charge in [-0.3, -0.25) is 0 Å². The molecule has 0 saturated heterocycles. The second kappa shape index (κ2) is 6.65. The third-order valence-corrected chi connectivity index (χ3v) is 5.42. The highest BCUT2D eigenvalue weighted by Gasteiger charge is 2.19. The lowest BCUT2D eigenvalue weighted by Gasteiger charge is -2.09. The van der Waals surface area contributed by atoms with Crippen molar-refractivity contribution < 1.29 is 4.42 Å². The van der Waals surface area contributed by atoms with E-state index in [2.05, 4.69) is 34.2 Å². The van der Waals surface area contributed by atoms with Crippen LogP contribution in [0.3, 0.4) is 0 Å². The Hall–Kier alpha value is -3.76. The van der Waals surface area contributed by atoms with Crippen LogP contribution in [-0.4, -0.2) is 15.0 Å².